The smallest absolute Gasteiger partial charge is 0.323 e. The monoisotopic (exact) mass is 341 g/mol. The number of nitrogens with zero attached hydrogens (tertiary/aromatic N) is 1. The van der Waals surface area contributed by atoms with Crippen LogP contribution in [0.1, 0.15) is 11.7 Å². The normalized spacial score (nSPS) is 10.5. The first-order valence-corrected chi connectivity index (χ1v) is 7.77. The van der Waals surface area contributed by atoms with E-state index in [1.807, 2.05) is 38.1 Å². The van der Waals surface area contributed by atoms with Crippen LogP contribution in [-0.4, -0.2) is 11.0 Å². The number of anilines is 2. The maximum Gasteiger partial charge on any atom is 0.323 e. The Morgan fingerprint density at radius 2 is 1.75 bits per heavy atom. The van der Waals surface area contributed by atoms with Crippen molar-refractivity contribution in [3.05, 3.63) is 65.2 Å². The Morgan fingerprint density at radius 3 is 2.38 bits per heavy atom. The molecule has 0 aliphatic carbocycles. The van der Waals surface area contributed by atoms with Crippen LogP contribution in [0, 0.1) is 13.8 Å². The molecule has 5 nitrogen and oxygen atoms in total. The van der Waals surface area contributed by atoms with Crippen LogP contribution < -0.4 is 10.6 Å². The summed E-state index contributed by atoms with van der Waals surface area (Å²) in [7, 11) is 0. The number of aromatic nitrogens is 1. The number of benzene rings is 2. The fourth-order valence-corrected chi connectivity index (χ4v) is 2.56. The van der Waals surface area contributed by atoms with Crippen molar-refractivity contribution in [3.8, 4) is 11.3 Å². The van der Waals surface area contributed by atoms with Crippen LogP contribution >= 0.6 is 11.6 Å². The Morgan fingerprint density at radius 1 is 1.04 bits per heavy atom. The minimum absolute atomic E-state index is 0.335. The average molecular weight is 342 g/mol. The highest BCUT2D eigenvalue weighted by atomic mass is 35.5. The summed E-state index contributed by atoms with van der Waals surface area (Å²) in [6, 6.07) is 14.0. The fourth-order valence-electron chi connectivity index (χ4n) is 2.37. The van der Waals surface area contributed by atoms with Crippen molar-refractivity contribution in [1.82, 2.24) is 4.98 Å². The number of halogens is 1. The van der Waals surface area contributed by atoms with Crippen LogP contribution in [0.2, 0.25) is 5.02 Å². The molecule has 3 rings (SSSR count). The van der Waals surface area contributed by atoms with Crippen LogP contribution in [-0.2, 0) is 0 Å². The van der Waals surface area contributed by atoms with Crippen LogP contribution in [0.25, 0.3) is 11.3 Å². The first kappa shape index (κ1) is 16.1. The van der Waals surface area contributed by atoms with Crippen molar-refractivity contribution >= 4 is 29.0 Å². The van der Waals surface area contributed by atoms with E-state index in [2.05, 4.69) is 15.6 Å². The van der Waals surface area contributed by atoms with E-state index in [0.29, 0.717) is 22.3 Å². The van der Waals surface area contributed by atoms with Crippen molar-refractivity contribution in [1.29, 1.82) is 0 Å². The van der Waals surface area contributed by atoms with Gasteiger partial charge in [-0.3, -0.25) is 0 Å². The third kappa shape index (κ3) is 3.75. The van der Waals surface area contributed by atoms with Gasteiger partial charge in [-0.15, -0.1) is 0 Å². The first-order chi connectivity index (χ1) is 11.5. The summed E-state index contributed by atoms with van der Waals surface area (Å²) in [5.74, 6) is 1.40. The quantitative estimate of drug-likeness (QED) is 0.683. The van der Waals surface area contributed by atoms with E-state index in [4.69, 9.17) is 16.0 Å². The Balaban J connectivity index is 1.68. The number of aryl methyl sites for hydroxylation is 2. The first-order valence-electron chi connectivity index (χ1n) is 7.39. The van der Waals surface area contributed by atoms with Gasteiger partial charge < -0.3 is 15.1 Å². The topological polar surface area (TPSA) is 67.2 Å². The number of urea groups is 1. The largest absolute Gasteiger partial charge is 0.446 e. The lowest BCUT2D eigenvalue weighted by Gasteiger charge is -2.08. The summed E-state index contributed by atoms with van der Waals surface area (Å²) in [4.78, 5) is 16.4. The van der Waals surface area contributed by atoms with Crippen LogP contribution in [0.3, 0.4) is 0 Å². The maximum atomic E-state index is 12.0. The second kappa shape index (κ2) is 6.76. The van der Waals surface area contributed by atoms with Crippen LogP contribution in [0.5, 0.6) is 0 Å². The molecule has 0 saturated carbocycles. The number of nitrogens with one attached hydrogen (secondary N) is 2. The molecule has 3 aromatic rings. The Bertz CT molecular complexity index is 872. The minimum Gasteiger partial charge on any atom is -0.446 e. The molecule has 0 bridgehead atoms. The van der Waals surface area contributed by atoms with E-state index in [1.54, 1.807) is 24.3 Å². The van der Waals surface area contributed by atoms with Gasteiger partial charge in [0.2, 0.25) is 0 Å². The van der Waals surface area contributed by atoms with E-state index in [-0.39, 0.29) is 6.03 Å². The number of hydrogen-bond donors (Lipinski definition) is 2. The highest BCUT2D eigenvalue weighted by Crippen LogP contribution is 2.24. The third-order valence-corrected chi connectivity index (χ3v) is 3.64. The standard InChI is InChI=1S/C18H16ClN3O2/c1-11-17(20-12(2)24-11)13-6-8-15(9-7-13)21-18(23)22-16-5-3-4-14(19)10-16/h3-10H,1-2H3,(H2,21,22,23). The van der Waals surface area contributed by atoms with E-state index >= 15 is 0 Å². The zero-order chi connectivity index (χ0) is 17.1. The van der Waals surface area contributed by atoms with Crippen molar-refractivity contribution in [3.63, 3.8) is 0 Å². The van der Waals surface area contributed by atoms with Gasteiger partial charge in [0.25, 0.3) is 0 Å². The maximum absolute atomic E-state index is 12.0. The van der Waals surface area contributed by atoms with E-state index < -0.39 is 0 Å². The van der Waals surface area contributed by atoms with Gasteiger partial charge in [0, 0.05) is 28.9 Å². The lowest BCUT2D eigenvalue weighted by Crippen LogP contribution is -2.19. The molecule has 2 N–H and O–H groups in total. The number of rotatable bonds is 3. The zero-order valence-corrected chi connectivity index (χ0v) is 14.0. The molecule has 0 aliphatic heterocycles. The summed E-state index contributed by atoms with van der Waals surface area (Å²) >= 11 is 5.89. The average Bonchev–Trinajstić information content (AvgIpc) is 2.86. The molecule has 6 heteroatoms. The molecule has 0 saturated heterocycles. The fraction of sp³-hybridized carbons (Fsp3) is 0.111. The van der Waals surface area contributed by atoms with Crippen LogP contribution in [0.4, 0.5) is 16.2 Å². The molecule has 0 unspecified atom stereocenters. The summed E-state index contributed by atoms with van der Waals surface area (Å²) < 4.78 is 5.44. The predicted molar refractivity (Wildman–Crippen MR) is 95.5 cm³/mol. The molecule has 122 valence electrons. The molecule has 2 aromatic carbocycles. The van der Waals surface area contributed by atoms with Gasteiger partial charge in [-0.1, -0.05) is 29.8 Å². The van der Waals surface area contributed by atoms with Gasteiger partial charge in [-0.05, 0) is 37.3 Å². The minimum atomic E-state index is -0.335. The third-order valence-electron chi connectivity index (χ3n) is 3.40. The second-order valence-corrected chi connectivity index (χ2v) is 5.74. The summed E-state index contributed by atoms with van der Waals surface area (Å²) in [6.45, 7) is 3.69. The lowest BCUT2D eigenvalue weighted by molar-refractivity contribution is 0.262. The van der Waals surface area contributed by atoms with E-state index in [9.17, 15) is 4.79 Å². The summed E-state index contributed by atoms with van der Waals surface area (Å²) in [6.07, 6.45) is 0. The van der Waals surface area contributed by atoms with Gasteiger partial charge >= 0.3 is 6.03 Å². The van der Waals surface area contributed by atoms with Gasteiger partial charge in [0.15, 0.2) is 5.89 Å². The SMILES string of the molecule is Cc1nc(-c2ccc(NC(=O)Nc3cccc(Cl)c3)cc2)c(C)o1. The Hall–Kier alpha value is -2.79. The Labute approximate surface area is 144 Å². The molecule has 1 heterocycles. The molecule has 24 heavy (non-hydrogen) atoms. The summed E-state index contributed by atoms with van der Waals surface area (Å²) in [5, 5.41) is 6.06. The number of hydrogen-bond acceptors (Lipinski definition) is 3. The molecular formula is C18H16ClN3O2. The van der Waals surface area contributed by atoms with Gasteiger partial charge in [0.05, 0.1) is 0 Å². The van der Waals surface area contributed by atoms with Gasteiger partial charge in [0.1, 0.15) is 11.5 Å². The number of carbonyl (C=O) groups is 1. The van der Waals surface area contributed by atoms with Crippen molar-refractivity contribution in [2.75, 3.05) is 10.6 Å². The second-order valence-electron chi connectivity index (χ2n) is 5.30. The molecule has 0 aliphatic rings. The number of amides is 2. The highest BCUT2D eigenvalue weighted by Gasteiger charge is 2.09. The lowest BCUT2D eigenvalue weighted by atomic mass is 10.1. The molecule has 0 fully saturated rings. The van der Waals surface area contributed by atoms with Crippen molar-refractivity contribution in [2.45, 2.75) is 13.8 Å². The van der Waals surface area contributed by atoms with Gasteiger partial charge in [-0.2, -0.15) is 0 Å². The van der Waals surface area contributed by atoms with Crippen molar-refractivity contribution in [2.24, 2.45) is 0 Å². The molecule has 2 amide bonds. The Kier molecular flexibility index (Phi) is 4.53. The predicted octanol–water partition coefficient (Wildman–Crippen LogP) is 5.26. The molecule has 0 atom stereocenters. The van der Waals surface area contributed by atoms with Gasteiger partial charge in [-0.25, -0.2) is 9.78 Å². The molecule has 0 radical (unpaired) electrons. The van der Waals surface area contributed by atoms with E-state index in [1.165, 1.54) is 0 Å². The number of carbonyl (C=O) groups excluding carboxylic acids is 1. The van der Waals surface area contributed by atoms with Crippen molar-refractivity contribution < 1.29 is 9.21 Å². The summed E-state index contributed by atoms with van der Waals surface area (Å²) in [5.41, 5.74) is 3.05. The zero-order valence-electron chi connectivity index (χ0n) is 13.3. The van der Waals surface area contributed by atoms with Crippen LogP contribution in [0.15, 0.2) is 52.9 Å². The van der Waals surface area contributed by atoms with E-state index in [0.717, 1.165) is 17.0 Å². The molecular weight excluding hydrogens is 326 g/mol. The number of oxazole rings is 1. The highest BCUT2D eigenvalue weighted by molar-refractivity contribution is 6.30. The molecule has 1 aromatic heterocycles. The molecule has 0 spiro atoms.